The number of nitrogens with two attached hydrogens (primary N) is 1. The largest absolute Gasteiger partial charge is 0.459 e. The molecule has 124 valence electrons. The molecule has 2 aromatic rings. The average molecular weight is 308 g/mol. The standard InChI is InChI=1S/C11H13NO2.C6H11NO.2H2/c1-7-9-5-3-4-6-10(9)14-11(7)8(2)12-13;7-5-3-4-1-2-6(5)8-4;;/h3-6,8,12-13H,1-2H3;4-6H,1-3,7H2;2*1H/t8-;;;/m1.../s1. The molecule has 2 saturated heterocycles. The van der Waals surface area contributed by atoms with Crippen LogP contribution >= 0.6 is 0 Å². The molecule has 0 spiro atoms. The summed E-state index contributed by atoms with van der Waals surface area (Å²) in [7, 11) is 0. The fraction of sp³-hybridized carbons (Fsp3) is 0.529. The van der Waals surface area contributed by atoms with Crippen LogP contribution in [-0.4, -0.2) is 23.5 Å². The lowest BCUT2D eigenvalue weighted by atomic mass is 9.97. The molecule has 3 heterocycles. The molecule has 5 nitrogen and oxygen atoms in total. The highest BCUT2D eigenvalue weighted by atomic mass is 16.5. The molecule has 4 rings (SSSR count). The van der Waals surface area contributed by atoms with Gasteiger partial charge in [-0.25, -0.2) is 0 Å². The van der Waals surface area contributed by atoms with Gasteiger partial charge in [-0.2, -0.15) is 5.48 Å². The molecule has 0 radical (unpaired) electrons. The summed E-state index contributed by atoms with van der Waals surface area (Å²) in [6.45, 7) is 3.85. The molecule has 0 amide bonds. The monoisotopic (exact) mass is 308 g/mol. The number of aryl methyl sites for hydroxylation is 1. The van der Waals surface area contributed by atoms with E-state index in [1.54, 1.807) is 0 Å². The van der Waals surface area contributed by atoms with Crippen molar-refractivity contribution in [2.45, 2.75) is 57.4 Å². The number of fused-ring (bicyclic) bond motifs is 3. The Bertz CT molecular complexity index is 648. The first-order valence-corrected chi connectivity index (χ1v) is 7.88. The van der Waals surface area contributed by atoms with Crippen molar-refractivity contribution in [3.05, 3.63) is 35.6 Å². The van der Waals surface area contributed by atoms with Gasteiger partial charge in [-0.1, -0.05) is 18.2 Å². The van der Waals surface area contributed by atoms with E-state index in [4.69, 9.17) is 20.1 Å². The molecule has 4 N–H and O–H groups in total. The van der Waals surface area contributed by atoms with Gasteiger partial charge < -0.3 is 20.1 Å². The van der Waals surface area contributed by atoms with Gasteiger partial charge >= 0.3 is 0 Å². The zero-order valence-electron chi connectivity index (χ0n) is 13.1. The highest BCUT2D eigenvalue weighted by Gasteiger charge is 2.38. The van der Waals surface area contributed by atoms with E-state index in [0.29, 0.717) is 18.2 Å². The molecule has 3 unspecified atom stereocenters. The molecular weight excluding hydrogens is 280 g/mol. The Morgan fingerprint density at radius 1 is 1.36 bits per heavy atom. The van der Waals surface area contributed by atoms with Gasteiger partial charge in [-0.15, -0.1) is 0 Å². The number of furan rings is 1. The van der Waals surface area contributed by atoms with Crippen LogP contribution in [0.3, 0.4) is 0 Å². The predicted molar refractivity (Wildman–Crippen MR) is 89.0 cm³/mol. The molecular formula is C17H28N2O3. The first-order valence-electron chi connectivity index (χ1n) is 7.88. The average Bonchev–Trinajstić information content (AvgIpc) is 3.22. The van der Waals surface area contributed by atoms with Gasteiger partial charge in [0, 0.05) is 19.8 Å². The van der Waals surface area contributed by atoms with Gasteiger partial charge in [-0.3, -0.25) is 0 Å². The quantitative estimate of drug-likeness (QED) is 0.739. The number of hydrogen-bond acceptors (Lipinski definition) is 5. The van der Waals surface area contributed by atoms with E-state index in [-0.39, 0.29) is 8.90 Å². The molecule has 5 heteroatoms. The minimum Gasteiger partial charge on any atom is -0.459 e. The summed E-state index contributed by atoms with van der Waals surface area (Å²) in [4.78, 5) is 0. The second-order valence-electron chi connectivity index (χ2n) is 6.21. The van der Waals surface area contributed by atoms with Crippen LogP contribution in [0.25, 0.3) is 11.0 Å². The lowest BCUT2D eigenvalue weighted by Gasteiger charge is -2.11. The summed E-state index contributed by atoms with van der Waals surface area (Å²) >= 11 is 0. The van der Waals surface area contributed by atoms with Gasteiger partial charge in [0.15, 0.2) is 0 Å². The smallest absolute Gasteiger partial charge is 0.134 e. The predicted octanol–water partition coefficient (Wildman–Crippen LogP) is 3.54. The van der Waals surface area contributed by atoms with Crippen LogP contribution in [0.15, 0.2) is 28.7 Å². The number of nitrogens with one attached hydrogen (secondary N) is 1. The maximum atomic E-state index is 8.83. The van der Waals surface area contributed by atoms with Crippen LogP contribution in [0.4, 0.5) is 0 Å². The van der Waals surface area contributed by atoms with Crippen molar-refractivity contribution in [1.29, 1.82) is 0 Å². The lowest BCUT2D eigenvalue weighted by molar-refractivity contribution is 0.101. The van der Waals surface area contributed by atoms with Gasteiger partial charge in [0.2, 0.25) is 0 Å². The number of para-hydroxylation sites is 1. The van der Waals surface area contributed by atoms with E-state index < -0.39 is 0 Å². The summed E-state index contributed by atoms with van der Waals surface area (Å²) in [5.74, 6) is 0.786. The summed E-state index contributed by atoms with van der Waals surface area (Å²) in [6.07, 6.45) is 4.49. The van der Waals surface area contributed by atoms with E-state index in [1.807, 2.05) is 38.1 Å². The third kappa shape index (κ3) is 2.90. The highest BCUT2D eigenvalue weighted by Crippen LogP contribution is 2.32. The van der Waals surface area contributed by atoms with Crippen LogP contribution in [0.1, 0.15) is 46.4 Å². The highest BCUT2D eigenvalue weighted by molar-refractivity contribution is 5.82. The lowest BCUT2D eigenvalue weighted by Crippen LogP contribution is -2.30. The van der Waals surface area contributed by atoms with Crippen molar-refractivity contribution in [3.63, 3.8) is 0 Å². The van der Waals surface area contributed by atoms with E-state index in [1.165, 1.54) is 12.8 Å². The Hall–Kier alpha value is -1.40. The molecule has 0 saturated carbocycles. The SMILES string of the molecule is Cc1c([C@@H](C)NO)oc2ccccc12.NC1CC2CCC1O2.[HH].[HH]. The molecule has 2 bridgehead atoms. The van der Waals surface area contributed by atoms with Crippen molar-refractivity contribution < 1.29 is 17.2 Å². The minimum atomic E-state index is -0.178. The zero-order chi connectivity index (χ0) is 15.7. The molecule has 1 aromatic carbocycles. The van der Waals surface area contributed by atoms with E-state index in [0.717, 1.165) is 28.7 Å². The topological polar surface area (TPSA) is 80.7 Å². The Labute approximate surface area is 133 Å². The molecule has 2 aliphatic rings. The van der Waals surface area contributed by atoms with E-state index >= 15 is 0 Å². The fourth-order valence-corrected chi connectivity index (χ4v) is 3.34. The summed E-state index contributed by atoms with van der Waals surface area (Å²) < 4.78 is 11.1. The molecule has 2 aliphatic heterocycles. The summed E-state index contributed by atoms with van der Waals surface area (Å²) in [6, 6.07) is 8.03. The third-order valence-electron chi connectivity index (χ3n) is 4.62. The second kappa shape index (κ2) is 6.38. The Morgan fingerprint density at radius 2 is 2.14 bits per heavy atom. The maximum absolute atomic E-state index is 8.83. The number of rotatable bonds is 2. The van der Waals surface area contributed by atoms with Gasteiger partial charge in [0.25, 0.3) is 0 Å². The summed E-state index contributed by atoms with van der Waals surface area (Å²) in [5.41, 5.74) is 9.83. The Balaban J connectivity index is 0.000000247. The number of benzene rings is 1. The van der Waals surface area contributed by atoms with Crippen molar-refractivity contribution in [2.75, 3.05) is 0 Å². The molecule has 1 aromatic heterocycles. The fourth-order valence-electron chi connectivity index (χ4n) is 3.34. The first-order chi connectivity index (χ1) is 10.6. The second-order valence-corrected chi connectivity index (χ2v) is 6.21. The number of hydrogen-bond donors (Lipinski definition) is 3. The van der Waals surface area contributed by atoms with E-state index in [2.05, 4.69) is 5.48 Å². The van der Waals surface area contributed by atoms with Crippen LogP contribution in [0, 0.1) is 6.92 Å². The first kappa shape index (κ1) is 15.5. The minimum absolute atomic E-state index is 0. The van der Waals surface area contributed by atoms with Crippen molar-refractivity contribution >= 4 is 11.0 Å². The molecule has 0 aliphatic carbocycles. The molecule has 2 fully saturated rings. The summed E-state index contributed by atoms with van der Waals surface area (Å²) in [5, 5.41) is 9.93. The van der Waals surface area contributed by atoms with Crippen LogP contribution in [-0.2, 0) is 4.74 Å². The van der Waals surface area contributed by atoms with Gasteiger partial charge in [0.1, 0.15) is 11.3 Å². The van der Waals surface area contributed by atoms with E-state index in [9.17, 15) is 0 Å². The van der Waals surface area contributed by atoms with Crippen molar-refractivity contribution in [1.82, 2.24) is 5.48 Å². The van der Waals surface area contributed by atoms with Crippen LogP contribution in [0.5, 0.6) is 0 Å². The van der Waals surface area contributed by atoms with Crippen LogP contribution in [0.2, 0.25) is 0 Å². The van der Waals surface area contributed by atoms with Crippen molar-refractivity contribution in [2.24, 2.45) is 5.73 Å². The van der Waals surface area contributed by atoms with Gasteiger partial charge in [-0.05, 0) is 39.2 Å². The third-order valence-corrected chi connectivity index (χ3v) is 4.62. The number of ether oxygens (including phenoxy) is 1. The number of hydroxylamine groups is 1. The molecule has 4 atom stereocenters. The Kier molecular flexibility index (Phi) is 4.49. The van der Waals surface area contributed by atoms with Crippen LogP contribution < -0.4 is 11.2 Å². The van der Waals surface area contributed by atoms with Crippen molar-refractivity contribution in [3.8, 4) is 0 Å². The normalized spacial score (nSPS) is 27.7. The maximum Gasteiger partial charge on any atom is 0.134 e. The molecule has 22 heavy (non-hydrogen) atoms. The Morgan fingerprint density at radius 3 is 2.64 bits per heavy atom. The zero-order valence-corrected chi connectivity index (χ0v) is 13.1. The van der Waals surface area contributed by atoms with Gasteiger partial charge in [0.05, 0.1) is 18.2 Å².